The fourth-order valence-electron chi connectivity index (χ4n) is 1.64. The van der Waals surface area contributed by atoms with Crippen molar-refractivity contribution in [2.45, 2.75) is 36.6 Å². The highest BCUT2D eigenvalue weighted by atomic mass is 32.2. The van der Waals surface area contributed by atoms with E-state index in [-0.39, 0.29) is 17.3 Å². The van der Waals surface area contributed by atoms with E-state index >= 15 is 0 Å². The fourth-order valence-corrected chi connectivity index (χ4v) is 3.34. The zero-order valence-electron chi connectivity index (χ0n) is 7.98. The number of nitrogens with one attached hydrogen (secondary N) is 1. The van der Waals surface area contributed by atoms with Gasteiger partial charge in [-0.25, -0.2) is 13.1 Å². The van der Waals surface area contributed by atoms with Crippen LogP contribution in [0.1, 0.15) is 19.3 Å². The van der Waals surface area contributed by atoms with Gasteiger partial charge in [0, 0.05) is 25.3 Å². The topological polar surface area (TPSA) is 81.4 Å². The Hall–Kier alpha value is -0.170. The highest BCUT2D eigenvalue weighted by molar-refractivity contribution is 7.90. The van der Waals surface area contributed by atoms with E-state index in [1.165, 1.54) is 0 Å². The molecule has 5 nitrogen and oxygen atoms in total. The average Bonchev–Trinajstić information content (AvgIpc) is 2.82. The summed E-state index contributed by atoms with van der Waals surface area (Å²) in [6.45, 7) is 1.09. The van der Waals surface area contributed by atoms with E-state index in [0.717, 1.165) is 6.42 Å². The highest BCUT2D eigenvalue weighted by Crippen LogP contribution is 2.22. The molecule has 0 bridgehead atoms. The Bertz CT molecular complexity index is 298. The molecule has 0 aromatic carbocycles. The molecular weight excluding hydrogens is 204 g/mol. The summed E-state index contributed by atoms with van der Waals surface area (Å²) in [6.07, 6.45) is 1.96. The van der Waals surface area contributed by atoms with Gasteiger partial charge in [0.15, 0.2) is 0 Å². The van der Waals surface area contributed by atoms with Gasteiger partial charge in [-0.05, 0) is 19.3 Å². The largest absolute Gasteiger partial charge is 0.381 e. The average molecular weight is 220 g/mol. The number of hydrogen-bond acceptors (Lipinski definition) is 4. The van der Waals surface area contributed by atoms with Crippen molar-refractivity contribution < 1.29 is 13.2 Å². The van der Waals surface area contributed by atoms with Crippen LogP contribution >= 0.6 is 0 Å². The molecule has 82 valence electrons. The third-order valence-electron chi connectivity index (χ3n) is 2.76. The maximum Gasteiger partial charge on any atom is 0.214 e. The lowest BCUT2D eigenvalue weighted by Gasteiger charge is -2.22. The zero-order chi connectivity index (χ0) is 10.2. The molecule has 0 amide bonds. The van der Waals surface area contributed by atoms with Crippen molar-refractivity contribution in [1.29, 1.82) is 0 Å². The van der Waals surface area contributed by atoms with Crippen LogP contribution in [0.4, 0.5) is 0 Å². The van der Waals surface area contributed by atoms with E-state index in [1.807, 2.05) is 0 Å². The molecule has 1 heterocycles. The van der Waals surface area contributed by atoms with Gasteiger partial charge < -0.3 is 10.5 Å². The van der Waals surface area contributed by atoms with E-state index in [4.69, 9.17) is 10.5 Å². The Labute approximate surface area is 84.0 Å². The summed E-state index contributed by atoms with van der Waals surface area (Å²) in [4.78, 5) is 0. The van der Waals surface area contributed by atoms with Gasteiger partial charge in [-0.15, -0.1) is 0 Å². The molecule has 6 heteroatoms. The summed E-state index contributed by atoms with van der Waals surface area (Å²) in [6, 6.07) is -0.00698. The second-order valence-corrected chi connectivity index (χ2v) is 5.97. The number of hydrogen-bond donors (Lipinski definition) is 2. The summed E-state index contributed by atoms with van der Waals surface area (Å²) in [5.41, 5.74) is 5.55. The first-order valence-corrected chi connectivity index (χ1v) is 6.49. The van der Waals surface area contributed by atoms with Crippen LogP contribution in [0.25, 0.3) is 0 Å². The van der Waals surface area contributed by atoms with Crippen LogP contribution in [0.3, 0.4) is 0 Å². The second kappa shape index (κ2) is 3.77. The van der Waals surface area contributed by atoms with Gasteiger partial charge in [0.05, 0.1) is 5.25 Å². The van der Waals surface area contributed by atoms with Crippen molar-refractivity contribution in [3.8, 4) is 0 Å². The first-order chi connectivity index (χ1) is 6.59. The van der Waals surface area contributed by atoms with Crippen LogP contribution < -0.4 is 10.5 Å². The SMILES string of the molecule is NC1CC1NS(=O)(=O)C1CCOCC1. The van der Waals surface area contributed by atoms with Crippen LogP contribution in [0.5, 0.6) is 0 Å². The minimum absolute atomic E-state index is 0.0182. The molecule has 3 N–H and O–H groups in total. The molecular formula is C8H16N2O3S. The molecule has 2 aliphatic rings. The van der Waals surface area contributed by atoms with E-state index in [2.05, 4.69) is 4.72 Å². The van der Waals surface area contributed by atoms with Gasteiger partial charge in [0.2, 0.25) is 10.0 Å². The van der Waals surface area contributed by atoms with Crippen LogP contribution in [0.2, 0.25) is 0 Å². The van der Waals surface area contributed by atoms with Crippen molar-refractivity contribution in [3.63, 3.8) is 0 Å². The number of sulfonamides is 1. The van der Waals surface area contributed by atoms with E-state index in [1.54, 1.807) is 0 Å². The number of nitrogens with two attached hydrogens (primary N) is 1. The Balaban J connectivity index is 1.93. The summed E-state index contributed by atoms with van der Waals surface area (Å²) >= 11 is 0. The molecule has 0 aromatic rings. The third-order valence-corrected chi connectivity index (χ3v) is 4.74. The zero-order valence-corrected chi connectivity index (χ0v) is 8.79. The van der Waals surface area contributed by atoms with Crippen molar-refractivity contribution in [2.75, 3.05) is 13.2 Å². The fraction of sp³-hybridized carbons (Fsp3) is 1.00. The van der Waals surface area contributed by atoms with Gasteiger partial charge in [0.1, 0.15) is 0 Å². The van der Waals surface area contributed by atoms with Crippen LogP contribution in [-0.4, -0.2) is 39.0 Å². The molecule has 1 aliphatic carbocycles. The lowest BCUT2D eigenvalue weighted by atomic mass is 10.2. The molecule has 1 aliphatic heterocycles. The Morgan fingerprint density at radius 2 is 1.86 bits per heavy atom. The molecule has 2 unspecified atom stereocenters. The molecule has 2 atom stereocenters. The normalized spacial score (nSPS) is 34.4. The van der Waals surface area contributed by atoms with E-state index in [0.29, 0.717) is 26.1 Å². The van der Waals surface area contributed by atoms with Gasteiger partial charge in [-0.1, -0.05) is 0 Å². The maximum absolute atomic E-state index is 11.8. The van der Waals surface area contributed by atoms with Crippen molar-refractivity contribution in [1.82, 2.24) is 4.72 Å². The summed E-state index contributed by atoms with van der Waals surface area (Å²) < 4.78 is 31.3. The molecule has 14 heavy (non-hydrogen) atoms. The monoisotopic (exact) mass is 220 g/mol. The molecule has 2 rings (SSSR count). The molecule has 2 fully saturated rings. The van der Waals surface area contributed by atoms with Crippen LogP contribution in [0.15, 0.2) is 0 Å². The summed E-state index contributed by atoms with van der Waals surface area (Å²) in [5.74, 6) is 0. The van der Waals surface area contributed by atoms with Crippen molar-refractivity contribution in [2.24, 2.45) is 5.73 Å². The van der Waals surface area contributed by atoms with E-state index in [9.17, 15) is 8.42 Å². The minimum Gasteiger partial charge on any atom is -0.381 e. The summed E-state index contributed by atoms with van der Waals surface area (Å²) in [5, 5.41) is -0.288. The quantitative estimate of drug-likeness (QED) is 0.651. The Kier molecular flexibility index (Phi) is 2.79. The lowest BCUT2D eigenvalue weighted by molar-refractivity contribution is 0.0981. The first-order valence-electron chi connectivity index (χ1n) is 4.94. The van der Waals surface area contributed by atoms with Gasteiger partial charge >= 0.3 is 0 Å². The number of ether oxygens (including phenoxy) is 1. The molecule has 0 spiro atoms. The summed E-state index contributed by atoms with van der Waals surface area (Å²) in [7, 11) is -3.16. The highest BCUT2D eigenvalue weighted by Gasteiger charge is 2.39. The Morgan fingerprint density at radius 3 is 2.36 bits per heavy atom. The lowest BCUT2D eigenvalue weighted by Crippen LogP contribution is -2.40. The smallest absolute Gasteiger partial charge is 0.214 e. The molecule has 0 aromatic heterocycles. The Morgan fingerprint density at radius 1 is 1.29 bits per heavy atom. The van der Waals surface area contributed by atoms with Crippen LogP contribution in [-0.2, 0) is 14.8 Å². The van der Waals surface area contributed by atoms with Gasteiger partial charge in [-0.3, -0.25) is 0 Å². The first kappa shape index (κ1) is 10.4. The van der Waals surface area contributed by atoms with Gasteiger partial charge in [0.25, 0.3) is 0 Å². The predicted molar refractivity (Wildman–Crippen MR) is 52.3 cm³/mol. The number of rotatable bonds is 3. The molecule has 1 saturated carbocycles. The second-order valence-electron chi connectivity index (χ2n) is 3.98. The minimum atomic E-state index is -3.16. The standard InChI is InChI=1S/C8H16N2O3S/c9-7-5-8(7)10-14(11,12)6-1-3-13-4-2-6/h6-8,10H,1-5,9H2. The van der Waals surface area contributed by atoms with Crippen LogP contribution in [0, 0.1) is 0 Å². The van der Waals surface area contributed by atoms with Crippen molar-refractivity contribution >= 4 is 10.0 Å². The van der Waals surface area contributed by atoms with Crippen molar-refractivity contribution in [3.05, 3.63) is 0 Å². The molecule has 1 saturated heterocycles. The maximum atomic E-state index is 11.8. The predicted octanol–water partition coefficient (Wildman–Crippen LogP) is -0.816. The molecule has 0 radical (unpaired) electrons. The van der Waals surface area contributed by atoms with E-state index < -0.39 is 10.0 Å². The third kappa shape index (κ3) is 2.25. The van der Waals surface area contributed by atoms with Gasteiger partial charge in [-0.2, -0.15) is 0 Å².